The van der Waals surface area contributed by atoms with Gasteiger partial charge in [-0.05, 0) is 82.9 Å². The number of thiophene rings is 1. The molecule has 0 aliphatic carbocycles. The second-order valence-corrected chi connectivity index (χ2v) is 15.9. The summed E-state index contributed by atoms with van der Waals surface area (Å²) in [5, 5.41) is 7.02. The van der Waals surface area contributed by atoms with E-state index in [0.717, 1.165) is 83.2 Å². The lowest BCUT2D eigenvalue weighted by Crippen LogP contribution is -2.10. The van der Waals surface area contributed by atoms with E-state index in [1.54, 1.807) is 0 Å². The maximum Gasteiger partial charge on any atom is 0.143 e. The number of rotatable bonds is 6. The van der Waals surface area contributed by atoms with Gasteiger partial charge in [-0.15, -0.1) is 11.3 Å². The Kier molecular flexibility index (Phi) is 7.40. The molecule has 0 N–H and O–H groups in total. The fourth-order valence-electron chi connectivity index (χ4n) is 8.76. The van der Waals surface area contributed by atoms with Crippen LogP contribution in [0, 0.1) is 0 Å². The summed E-state index contributed by atoms with van der Waals surface area (Å²) in [6, 6.07) is 71.5. The maximum absolute atomic E-state index is 6.45. The smallest absolute Gasteiger partial charge is 0.143 e. The first kappa shape index (κ1) is 32.8. The Morgan fingerprint density at radius 1 is 0.345 bits per heavy atom. The van der Waals surface area contributed by atoms with Crippen molar-refractivity contribution < 1.29 is 8.83 Å². The fraction of sp³-hybridized carbons (Fsp3) is 0. The topological polar surface area (TPSA) is 29.5 Å². The number of hydrogen-bond acceptors (Lipinski definition) is 4. The van der Waals surface area contributed by atoms with Crippen LogP contribution in [-0.4, -0.2) is 0 Å². The minimum Gasteiger partial charge on any atom is -0.455 e. The highest BCUT2D eigenvalue weighted by atomic mass is 32.1. The Morgan fingerprint density at radius 2 is 0.862 bits per heavy atom. The van der Waals surface area contributed by atoms with Gasteiger partial charge in [0.05, 0.1) is 5.69 Å². The monoisotopic (exact) mass is 759 g/mol. The van der Waals surface area contributed by atoms with Crippen LogP contribution in [0.1, 0.15) is 0 Å². The molecule has 12 rings (SSSR count). The molecule has 3 nitrogen and oxygen atoms in total. The van der Waals surface area contributed by atoms with E-state index in [2.05, 4.69) is 181 Å². The van der Waals surface area contributed by atoms with E-state index in [4.69, 9.17) is 8.83 Å². The van der Waals surface area contributed by atoms with Crippen molar-refractivity contribution in [1.82, 2.24) is 0 Å². The predicted molar refractivity (Wildman–Crippen MR) is 245 cm³/mol. The highest BCUT2D eigenvalue weighted by molar-refractivity contribution is 7.26. The number of fused-ring (bicyclic) bond motifs is 9. The van der Waals surface area contributed by atoms with E-state index in [1.165, 1.54) is 31.3 Å². The zero-order valence-corrected chi connectivity index (χ0v) is 32.0. The van der Waals surface area contributed by atoms with Gasteiger partial charge in [0, 0.05) is 64.2 Å². The molecule has 3 heterocycles. The molecule has 0 saturated carbocycles. The molecule has 12 aromatic rings. The van der Waals surface area contributed by atoms with Crippen LogP contribution in [0.5, 0.6) is 0 Å². The fourth-order valence-corrected chi connectivity index (χ4v) is 9.87. The Bertz CT molecular complexity index is 3340. The molecule has 272 valence electrons. The van der Waals surface area contributed by atoms with Crippen molar-refractivity contribution in [3.63, 3.8) is 0 Å². The average Bonchev–Trinajstić information content (AvgIpc) is 3.99. The molecule has 9 aromatic carbocycles. The molecular weight excluding hydrogens is 727 g/mol. The quantitative estimate of drug-likeness (QED) is 0.169. The van der Waals surface area contributed by atoms with Crippen LogP contribution in [0.15, 0.2) is 209 Å². The molecule has 4 heteroatoms. The molecule has 0 saturated heterocycles. The summed E-state index contributed by atoms with van der Waals surface area (Å²) in [5.74, 6) is 0. The van der Waals surface area contributed by atoms with Gasteiger partial charge in [-0.3, -0.25) is 0 Å². The van der Waals surface area contributed by atoms with Crippen molar-refractivity contribution >= 4 is 92.4 Å². The van der Waals surface area contributed by atoms with Gasteiger partial charge in [-0.1, -0.05) is 140 Å². The van der Waals surface area contributed by atoms with Crippen LogP contribution in [-0.2, 0) is 0 Å². The third-order valence-corrected chi connectivity index (χ3v) is 12.6. The lowest BCUT2D eigenvalue weighted by Gasteiger charge is -2.27. The Balaban J connectivity index is 1.03. The molecule has 3 aromatic heterocycles. The number of furan rings is 2. The lowest BCUT2D eigenvalue weighted by atomic mass is 10.00. The zero-order chi connectivity index (χ0) is 38.2. The highest BCUT2D eigenvalue weighted by Gasteiger charge is 2.21. The molecule has 58 heavy (non-hydrogen) atoms. The van der Waals surface area contributed by atoms with Crippen LogP contribution >= 0.6 is 11.3 Å². The van der Waals surface area contributed by atoms with E-state index in [1.807, 2.05) is 35.6 Å². The Labute approximate surface area is 338 Å². The van der Waals surface area contributed by atoms with Crippen LogP contribution in [0.25, 0.3) is 97.4 Å². The van der Waals surface area contributed by atoms with Gasteiger partial charge in [-0.25, -0.2) is 0 Å². The SMILES string of the molecule is c1ccc(-c2ccc3sc4cccc(N(c5ccc(-c6cccc7c6oc6ccccc67)cc5)c5ccc(-c6cccc7c6oc6ccccc67)cc5)c4c3c2)cc1. The second kappa shape index (κ2) is 13.1. The molecule has 0 aliphatic rings. The van der Waals surface area contributed by atoms with Gasteiger partial charge < -0.3 is 13.7 Å². The summed E-state index contributed by atoms with van der Waals surface area (Å²) in [5.41, 5.74) is 13.7. The Morgan fingerprint density at radius 3 is 1.47 bits per heavy atom. The summed E-state index contributed by atoms with van der Waals surface area (Å²) in [4.78, 5) is 2.40. The van der Waals surface area contributed by atoms with Crippen molar-refractivity contribution in [1.29, 1.82) is 0 Å². The normalized spacial score (nSPS) is 11.8. The summed E-state index contributed by atoms with van der Waals surface area (Å²) in [6.45, 7) is 0. The van der Waals surface area contributed by atoms with Gasteiger partial charge in [-0.2, -0.15) is 0 Å². The number of para-hydroxylation sites is 4. The summed E-state index contributed by atoms with van der Waals surface area (Å²) in [6.07, 6.45) is 0. The van der Waals surface area contributed by atoms with Gasteiger partial charge >= 0.3 is 0 Å². The molecule has 0 radical (unpaired) electrons. The number of hydrogen-bond donors (Lipinski definition) is 0. The Hall–Kier alpha value is -7.40. The molecular formula is C54H33NO2S. The largest absolute Gasteiger partial charge is 0.455 e. The molecule has 0 atom stereocenters. The van der Waals surface area contributed by atoms with Gasteiger partial charge in [0.1, 0.15) is 22.3 Å². The van der Waals surface area contributed by atoms with Crippen molar-refractivity contribution in [2.75, 3.05) is 4.90 Å². The first-order chi connectivity index (χ1) is 28.7. The maximum atomic E-state index is 6.45. The van der Waals surface area contributed by atoms with Crippen LogP contribution in [0.3, 0.4) is 0 Å². The first-order valence-electron chi connectivity index (χ1n) is 19.6. The third-order valence-electron chi connectivity index (χ3n) is 11.5. The minimum atomic E-state index is 0.902. The molecule has 0 fully saturated rings. The van der Waals surface area contributed by atoms with Crippen molar-refractivity contribution in [3.8, 4) is 33.4 Å². The number of anilines is 3. The summed E-state index contributed by atoms with van der Waals surface area (Å²) in [7, 11) is 0. The molecule has 0 aliphatic heterocycles. The van der Waals surface area contributed by atoms with Crippen molar-refractivity contribution in [2.45, 2.75) is 0 Å². The molecule has 0 spiro atoms. The molecule has 0 amide bonds. The van der Waals surface area contributed by atoms with Crippen LogP contribution in [0.2, 0.25) is 0 Å². The van der Waals surface area contributed by atoms with Crippen LogP contribution < -0.4 is 4.90 Å². The third kappa shape index (κ3) is 5.19. The minimum absolute atomic E-state index is 0.902. The highest BCUT2D eigenvalue weighted by Crippen LogP contribution is 2.47. The van der Waals surface area contributed by atoms with E-state index < -0.39 is 0 Å². The standard InChI is InChI=1S/C54H33NO2S/c1-2-11-34(12-3-1)37-27-32-50-46(33-37)52-47(19-10-22-51(52)58-50)55(38-28-23-35(24-29-38)40-15-8-17-44-42-13-4-6-20-48(42)56-53(40)44)39-30-25-36(26-31-39)41-16-9-18-45-43-14-5-7-21-49(43)57-54(41)45/h1-33H. The number of benzene rings is 9. The van der Waals surface area contributed by atoms with Crippen molar-refractivity contribution in [3.05, 3.63) is 200 Å². The van der Waals surface area contributed by atoms with Gasteiger partial charge in [0.15, 0.2) is 0 Å². The first-order valence-corrected chi connectivity index (χ1v) is 20.4. The van der Waals surface area contributed by atoms with Crippen LogP contribution in [0.4, 0.5) is 17.1 Å². The zero-order valence-electron chi connectivity index (χ0n) is 31.2. The summed E-state index contributed by atoms with van der Waals surface area (Å²) >= 11 is 1.84. The van der Waals surface area contributed by atoms with Gasteiger partial charge in [0.25, 0.3) is 0 Å². The molecule has 0 bridgehead atoms. The van der Waals surface area contributed by atoms with E-state index >= 15 is 0 Å². The van der Waals surface area contributed by atoms with Crippen molar-refractivity contribution in [2.24, 2.45) is 0 Å². The average molecular weight is 760 g/mol. The van der Waals surface area contributed by atoms with E-state index in [0.29, 0.717) is 0 Å². The van der Waals surface area contributed by atoms with Gasteiger partial charge in [0.2, 0.25) is 0 Å². The van der Waals surface area contributed by atoms with E-state index in [9.17, 15) is 0 Å². The van der Waals surface area contributed by atoms with E-state index in [-0.39, 0.29) is 0 Å². The lowest BCUT2D eigenvalue weighted by molar-refractivity contribution is 0.669. The second-order valence-electron chi connectivity index (χ2n) is 14.8. The number of nitrogens with zero attached hydrogens (tertiary/aromatic N) is 1. The molecule has 0 unspecified atom stereocenters. The predicted octanol–water partition coefficient (Wildman–Crippen LogP) is 16.3. The summed E-state index contributed by atoms with van der Waals surface area (Å²) < 4.78 is 15.4.